The van der Waals surface area contributed by atoms with Crippen LogP contribution in [0.1, 0.15) is 39.8 Å². The Morgan fingerprint density at radius 2 is 2.19 bits per heavy atom. The van der Waals surface area contributed by atoms with Gasteiger partial charge in [-0.1, -0.05) is 13.3 Å². The van der Waals surface area contributed by atoms with Gasteiger partial charge in [0, 0.05) is 23.2 Å². The largest absolute Gasteiger partial charge is 0.373 e. The summed E-state index contributed by atoms with van der Waals surface area (Å²) in [4.78, 5) is 18.0. The van der Waals surface area contributed by atoms with Gasteiger partial charge in [0.25, 0.3) is 5.91 Å². The Kier molecular flexibility index (Phi) is 5.33. The van der Waals surface area contributed by atoms with Gasteiger partial charge < -0.3 is 10.6 Å². The number of hydrogen-bond acceptors (Lipinski definition) is 4. The van der Waals surface area contributed by atoms with E-state index in [9.17, 15) is 4.79 Å². The topological polar surface area (TPSA) is 54.0 Å². The van der Waals surface area contributed by atoms with E-state index in [2.05, 4.69) is 35.5 Å². The molecule has 0 aromatic carbocycles. The molecule has 0 fully saturated rings. The summed E-state index contributed by atoms with van der Waals surface area (Å²) >= 11 is 1.67. The summed E-state index contributed by atoms with van der Waals surface area (Å²) < 4.78 is 0. The molecule has 112 valence electrons. The van der Waals surface area contributed by atoms with Crippen molar-refractivity contribution in [1.29, 1.82) is 0 Å². The van der Waals surface area contributed by atoms with Crippen molar-refractivity contribution in [1.82, 2.24) is 10.3 Å². The zero-order valence-corrected chi connectivity index (χ0v) is 13.5. The van der Waals surface area contributed by atoms with Crippen LogP contribution in [0, 0.1) is 6.92 Å². The number of thiophene rings is 1. The Balaban J connectivity index is 2.10. The molecule has 21 heavy (non-hydrogen) atoms. The Morgan fingerprint density at radius 3 is 2.81 bits per heavy atom. The zero-order valence-electron chi connectivity index (χ0n) is 12.7. The maximum Gasteiger partial charge on any atom is 0.251 e. The van der Waals surface area contributed by atoms with Crippen molar-refractivity contribution in [2.24, 2.45) is 0 Å². The van der Waals surface area contributed by atoms with Crippen LogP contribution >= 0.6 is 11.3 Å². The Morgan fingerprint density at radius 1 is 1.38 bits per heavy atom. The van der Waals surface area contributed by atoms with Gasteiger partial charge in [-0.2, -0.15) is 0 Å². The van der Waals surface area contributed by atoms with Gasteiger partial charge in [-0.05, 0) is 42.5 Å². The average Bonchev–Trinajstić information content (AvgIpc) is 2.90. The molecule has 0 saturated heterocycles. The molecule has 4 nitrogen and oxygen atoms in total. The van der Waals surface area contributed by atoms with Crippen LogP contribution in [0.5, 0.6) is 0 Å². The van der Waals surface area contributed by atoms with Crippen LogP contribution in [-0.4, -0.2) is 17.9 Å². The molecule has 0 bridgehead atoms. The van der Waals surface area contributed by atoms with E-state index >= 15 is 0 Å². The lowest BCUT2D eigenvalue weighted by molar-refractivity contribution is 0.0951. The lowest BCUT2D eigenvalue weighted by atomic mass is 10.1. The first-order valence-electron chi connectivity index (χ1n) is 7.14. The third-order valence-electron chi connectivity index (χ3n) is 3.28. The summed E-state index contributed by atoms with van der Waals surface area (Å²) in [5.74, 6) is 0.678. The van der Waals surface area contributed by atoms with E-state index in [0.717, 1.165) is 24.4 Å². The molecule has 0 spiro atoms. The van der Waals surface area contributed by atoms with E-state index in [-0.39, 0.29) is 5.91 Å². The molecule has 0 aliphatic rings. The molecule has 0 aliphatic heterocycles. The highest BCUT2D eigenvalue weighted by Crippen LogP contribution is 2.16. The normalized spacial score (nSPS) is 10.4. The Labute approximate surface area is 129 Å². The zero-order chi connectivity index (χ0) is 15.2. The number of rotatable bonds is 6. The van der Waals surface area contributed by atoms with Crippen LogP contribution in [0.15, 0.2) is 23.6 Å². The van der Waals surface area contributed by atoms with Crippen LogP contribution in [0.25, 0.3) is 0 Å². The molecule has 1 amide bonds. The van der Waals surface area contributed by atoms with E-state index in [1.165, 1.54) is 10.4 Å². The molecule has 0 aliphatic carbocycles. The maximum absolute atomic E-state index is 12.3. The van der Waals surface area contributed by atoms with Crippen LogP contribution in [0.2, 0.25) is 0 Å². The minimum absolute atomic E-state index is 0.0564. The second-order valence-electron chi connectivity index (χ2n) is 4.94. The van der Waals surface area contributed by atoms with Crippen LogP contribution < -0.4 is 10.6 Å². The second kappa shape index (κ2) is 7.22. The molecule has 0 unspecified atom stereocenters. The first kappa shape index (κ1) is 15.5. The number of hydrogen-bond donors (Lipinski definition) is 2. The molecular weight excluding hydrogens is 282 g/mol. The fourth-order valence-electron chi connectivity index (χ4n) is 2.08. The standard InChI is InChI=1S/C16H21N3OS/c1-4-5-13-8-12(9-15(17-3)19-13)16(20)18-10-14-11(2)6-7-21-14/h6-9H,4-5,10H2,1-3H3,(H,17,19)(H,18,20). The molecule has 2 aromatic rings. The van der Waals surface area contributed by atoms with Gasteiger partial charge in [-0.15, -0.1) is 11.3 Å². The summed E-state index contributed by atoms with van der Waals surface area (Å²) in [6.07, 6.45) is 1.88. The highest BCUT2D eigenvalue weighted by Gasteiger charge is 2.10. The van der Waals surface area contributed by atoms with E-state index in [0.29, 0.717) is 12.1 Å². The molecule has 2 aromatic heterocycles. The predicted molar refractivity (Wildman–Crippen MR) is 88.0 cm³/mol. The van der Waals surface area contributed by atoms with Crippen molar-refractivity contribution in [3.8, 4) is 0 Å². The van der Waals surface area contributed by atoms with Crippen LogP contribution in [-0.2, 0) is 13.0 Å². The summed E-state index contributed by atoms with van der Waals surface area (Å²) in [5, 5.41) is 8.03. The number of carbonyl (C=O) groups excluding carboxylic acids is 1. The number of carbonyl (C=O) groups is 1. The van der Waals surface area contributed by atoms with Gasteiger partial charge in [-0.25, -0.2) is 4.98 Å². The van der Waals surface area contributed by atoms with Crippen molar-refractivity contribution >= 4 is 23.1 Å². The molecule has 0 radical (unpaired) electrons. The lowest BCUT2D eigenvalue weighted by Crippen LogP contribution is -2.23. The quantitative estimate of drug-likeness (QED) is 0.860. The monoisotopic (exact) mass is 303 g/mol. The minimum Gasteiger partial charge on any atom is -0.373 e. The smallest absolute Gasteiger partial charge is 0.251 e. The number of aryl methyl sites for hydroxylation is 2. The van der Waals surface area contributed by atoms with E-state index < -0.39 is 0 Å². The fraction of sp³-hybridized carbons (Fsp3) is 0.375. The van der Waals surface area contributed by atoms with E-state index in [4.69, 9.17) is 0 Å². The maximum atomic E-state index is 12.3. The van der Waals surface area contributed by atoms with Gasteiger partial charge in [-0.3, -0.25) is 4.79 Å². The lowest BCUT2D eigenvalue weighted by Gasteiger charge is -2.09. The molecule has 2 N–H and O–H groups in total. The van der Waals surface area contributed by atoms with Crippen molar-refractivity contribution in [2.45, 2.75) is 33.2 Å². The number of pyridine rings is 1. The third-order valence-corrected chi connectivity index (χ3v) is 4.30. The summed E-state index contributed by atoms with van der Waals surface area (Å²) in [5.41, 5.74) is 2.83. The van der Waals surface area contributed by atoms with Crippen molar-refractivity contribution in [2.75, 3.05) is 12.4 Å². The van der Waals surface area contributed by atoms with Crippen molar-refractivity contribution < 1.29 is 4.79 Å². The molecular formula is C16H21N3OS. The van der Waals surface area contributed by atoms with Crippen LogP contribution in [0.4, 0.5) is 5.82 Å². The average molecular weight is 303 g/mol. The highest BCUT2D eigenvalue weighted by atomic mass is 32.1. The Hall–Kier alpha value is -1.88. The summed E-state index contributed by atoms with van der Waals surface area (Å²) in [7, 11) is 1.81. The number of nitrogens with one attached hydrogen (secondary N) is 2. The van der Waals surface area contributed by atoms with Gasteiger partial charge in [0.05, 0.1) is 6.54 Å². The van der Waals surface area contributed by atoms with Crippen molar-refractivity contribution in [3.63, 3.8) is 0 Å². The molecule has 0 atom stereocenters. The van der Waals surface area contributed by atoms with E-state index in [1.807, 2.05) is 18.5 Å². The van der Waals surface area contributed by atoms with Crippen LogP contribution in [0.3, 0.4) is 0 Å². The number of nitrogens with zero attached hydrogens (tertiary/aromatic N) is 1. The SMILES string of the molecule is CCCc1cc(C(=O)NCc2sccc2C)cc(NC)n1. The molecule has 5 heteroatoms. The van der Waals surface area contributed by atoms with Gasteiger partial charge >= 0.3 is 0 Å². The first-order chi connectivity index (χ1) is 10.1. The van der Waals surface area contributed by atoms with Gasteiger partial charge in [0.1, 0.15) is 5.82 Å². The minimum atomic E-state index is -0.0564. The predicted octanol–water partition coefficient (Wildman–Crippen LogP) is 3.38. The fourth-order valence-corrected chi connectivity index (χ4v) is 2.92. The van der Waals surface area contributed by atoms with Crippen molar-refractivity contribution in [3.05, 3.63) is 45.3 Å². The van der Waals surface area contributed by atoms with Gasteiger partial charge in [0.15, 0.2) is 0 Å². The molecule has 2 heterocycles. The number of aromatic nitrogens is 1. The third kappa shape index (κ3) is 4.04. The van der Waals surface area contributed by atoms with E-state index in [1.54, 1.807) is 17.4 Å². The van der Waals surface area contributed by atoms with Gasteiger partial charge in [0.2, 0.25) is 0 Å². The molecule has 0 saturated carbocycles. The second-order valence-corrected chi connectivity index (χ2v) is 5.94. The highest BCUT2D eigenvalue weighted by molar-refractivity contribution is 7.10. The first-order valence-corrected chi connectivity index (χ1v) is 8.02. The number of amides is 1. The summed E-state index contributed by atoms with van der Waals surface area (Å²) in [6.45, 7) is 4.73. The summed E-state index contributed by atoms with van der Waals surface area (Å²) in [6, 6.07) is 5.73. The Bertz CT molecular complexity index is 622. The molecule has 2 rings (SSSR count). The number of anilines is 1.